The maximum Gasteiger partial charge on any atom is 0.417 e. The van der Waals surface area contributed by atoms with Crippen molar-refractivity contribution in [3.05, 3.63) is 70.6 Å². The number of ether oxygens (including phenoxy) is 1. The van der Waals surface area contributed by atoms with Crippen LogP contribution < -0.4 is 20.7 Å². The van der Waals surface area contributed by atoms with Gasteiger partial charge >= 0.3 is 18.0 Å². The van der Waals surface area contributed by atoms with Crippen LogP contribution in [-0.2, 0) is 22.3 Å². The van der Waals surface area contributed by atoms with E-state index in [1.165, 1.54) is 37.6 Å². The minimum atomic E-state index is -4.56. The fourth-order valence-electron chi connectivity index (χ4n) is 2.95. The molecule has 34 heavy (non-hydrogen) atoms. The quantitative estimate of drug-likeness (QED) is 0.515. The first-order valence-corrected chi connectivity index (χ1v) is 10.1. The van der Waals surface area contributed by atoms with Gasteiger partial charge in [-0.05, 0) is 42.8 Å². The maximum absolute atomic E-state index is 13.2. The highest BCUT2D eigenvalue weighted by Crippen LogP contribution is 2.33. The van der Waals surface area contributed by atoms with Crippen LogP contribution in [0.5, 0.6) is 5.75 Å². The van der Waals surface area contributed by atoms with Crippen LogP contribution in [-0.4, -0.2) is 28.9 Å². The Morgan fingerprint density at radius 2 is 1.88 bits per heavy atom. The SMILES string of the molecule is COc1cc(Cl)ccc1N(Cc1ccc(C(F)(F)F)cn1)C(=O)C(=O)Nc1cnc(N)c(C)c1. The summed E-state index contributed by atoms with van der Waals surface area (Å²) < 4.78 is 43.9. The number of alkyl halides is 3. The van der Waals surface area contributed by atoms with Crippen molar-refractivity contribution < 1.29 is 27.5 Å². The molecule has 12 heteroatoms. The number of nitrogen functional groups attached to an aromatic ring is 1. The zero-order valence-corrected chi connectivity index (χ0v) is 18.7. The fourth-order valence-corrected chi connectivity index (χ4v) is 3.11. The first-order valence-electron chi connectivity index (χ1n) is 9.70. The zero-order valence-electron chi connectivity index (χ0n) is 18.0. The highest BCUT2D eigenvalue weighted by molar-refractivity contribution is 6.44. The van der Waals surface area contributed by atoms with Crippen molar-refractivity contribution in [3.8, 4) is 5.75 Å². The minimum Gasteiger partial charge on any atom is -0.495 e. The number of hydrogen-bond acceptors (Lipinski definition) is 6. The van der Waals surface area contributed by atoms with Gasteiger partial charge in [0.15, 0.2) is 0 Å². The molecule has 2 heterocycles. The van der Waals surface area contributed by atoms with Gasteiger partial charge in [0.25, 0.3) is 0 Å². The Kier molecular flexibility index (Phi) is 7.26. The lowest BCUT2D eigenvalue weighted by Crippen LogP contribution is -2.40. The molecule has 0 saturated carbocycles. The van der Waals surface area contributed by atoms with Gasteiger partial charge in [0, 0.05) is 17.3 Å². The summed E-state index contributed by atoms with van der Waals surface area (Å²) in [5.41, 5.74) is 5.83. The zero-order chi connectivity index (χ0) is 25.0. The number of nitrogens with zero attached hydrogens (tertiary/aromatic N) is 3. The number of hydrogen-bond donors (Lipinski definition) is 2. The molecule has 178 valence electrons. The summed E-state index contributed by atoms with van der Waals surface area (Å²) in [6.45, 7) is 1.36. The first kappa shape index (κ1) is 24.8. The van der Waals surface area contributed by atoms with Crippen LogP contribution in [0.15, 0.2) is 48.8 Å². The second kappa shape index (κ2) is 9.96. The van der Waals surface area contributed by atoms with E-state index in [4.69, 9.17) is 22.1 Å². The molecule has 0 aliphatic rings. The number of benzene rings is 1. The van der Waals surface area contributed by atoms with Gasteiger partial charge in [-0.25, -0.2) is 4.98 Å². The van der Waals surface area contributed by atoms with Gasteiger partial charge in [-0.1, -0.05) is 11.6 Å². The van der Waals surface area contributed by atoms with E-state index in [-0.39, 0.29) is 35.2 Å². The Morgan fingerprint density at radius 1 is 1.15 bits per heavy atom. The lowest BCUT2D eigenvalue weighted by atomic mass is 10.2. The maximum atomic E-state index is 13.2. The Hall–Kier alpha value is -3.86. The second-order valence-corrected chi connectivity index (χ2v) is 7.56. The van der Waals surface area contributed by atoms with Crippen LogP contribution in [0.3, 0.4) is 0 Å². The number of anilines is 3. The molecule has 3 N–H and O–H groups in total. The van der Waals surface area contributed by atoms with Crippen molar-refractivity contribution in [1.29, 1.82) is 0 Å². The highest BCUT2D eigenvalue weighted by Gasteiger charge is 2.31. The second-order valence-electron chi connectivity index (χ2n) is 7.12. The molecule has 2 amide bonds. The number of aryl methyl sites for hydroxylation is 1. The van der Waals surface area contributed by atoms with Gasteiger partial charge in [-0.2, -0.15) is 13.2 Å². The van der Waals surface area contributed by atoms with Crippen LogP contribution in [0.25, 0.3) is 0 Å². The molecule has 0 aliphatic heterocycles. The summed E-state index contributed by atoms with van der Waals surface area (Å²) in [6.07, 6.45) is -2.62. The van der Waals surface area contributed by atoms with Crippen LogP contribution in [0.1, 0.15) is 16.8 Å². The summed E-state index contributed by atoms with van der Waals surface area (Å²) >= 11 is 6.00. The van der Waals surface area contributed by atoms with E-state index in [1.54, 1.807) is 6.92 Å². The van der Waals surface area contributed by atoms with Crippen LogP contribution >= 0.6 is 11.6 Å². The third-order valence-corrected chi connectivity index (χ3v) is 4.96. The van der Waals surface area contributed by atoms with Crippen molar-refractivity contribution >= 4 is 40.6 Å². The molecule has 1 aromatic carbocycles. The molecule has 3 aromatic rings. The average Bonchev–Trinajstić information content (AvgIpc) is 2.79. The predicted molar refractivity (Wildman–Crippen MR) is 120 cm³/mol. The van der Waals surface area contributed by atoms with Gasteiger partial charge in [0.2, 0.25) is 0 Å². The van der Waals surface area contributed by atoms with Crippen molar-refractivity contribution in [1.82, 2.24) is 9.97 Å². The Balaban J connectivity index is 1.94. The van der Waals surface area contributed by atoms with Gasteiger partial charge in [0.05, 0.1) is 42.5 Å². The topological polar surface area (TPSA) is 110 Å². The lowest BCUT2D eigenvalue weighted by molar-refractivity contribution is -0.137. The number of aromatic nitrogens is 2. The summed E-state index contributed by atoms with van der Waals surface area (Å²) in [4.78, 5) is 34.7. The first-order chi connectivity index (χ1) is 16.0. The smallest absolute Gasteiger partial charge is 0.417 e. The molecule has 3 rings (SSSR count). The number of rotatable bonds is 5. The Morgan fingerprint density at radius 3 is 2.47 bits per heavy atom. The van der Waals surface area contributed by atoms with Gasteiger partial charge in [0.1, 0.15) is 11.6 Å². The summed E-state index contributed by atoms with van der Waals surface area (Å²) in [5.74, 6) is -1.59. The third-order valence-electron chi connectivity index (χ3n) is 4.72. The van der Waals surface area contributed by atoms with Crippen LogP contribution in [0.2, 0.25) is 5.02 Å². The highest BCUT2D eigenvalue weighted by atomic mass is 35.5. The fraction of sp³-hybridized carbons (Fsp3) is 0.182. The molecule has 0 atom stereocenters. The molecule has 0 fully saturated rings. The predicted octanol–water partition coefficient (Wildman–Crippen LogP) is 4.22. The molecule has 8 nitrogen and oxygen atoms in total. The summed E-state index contributed by atoms with van der Waals surface area (Å²) in [7, 11) is 1.34. The third kappa shape index (κ3) is 5.73. The monoisotopic (exact) mass is 493 g/mol. The van der Waals surface area contributed by atoms with Crippen LogP contribution in [0.4, 0.5) is 30.4 Å². The average molecular weight is 494 g/mol. The molecule has 0 saturated heterocycles. The number of pyridine rings is 2. The van der Waals surface area contributed by atoms with Crippen molar-refractivity contribution in [2.75, 3.05) is 23.1 Å². The number of carbonyl (C=O) groups excluding carboxylic acids is 2. The normalized spacial score (nSPS) is 11.1. The standard InChI is InChI=1S/C22H19ClF3N5O3/c1-12-7-16(10-29-19(12)27)30-20(32)21(33)31(17-6-4-14(23)8-18(17)34-2)11-15-5-3-13(9-28-15)22(24,25)26/h3-10H,11H2,1-2H3,(H2,27,29)(H,30,32). The Bertz CT molecular complexity index is 1220. The van der Waals surface area contributed by atoms with Crippen molar-refractivity contribution in [3.63, 3.8) is 0 Å². The van der Waals surface area contributed by atoms with Gasteiger partial charge in [-0.3, -0.25) is 19.5 Å². The van der Waals surface area contributed by atoms with Crippen molar-refractivity contribution in [2.45, 2.75) is 19.6 Å². The summed E-state index contributed by atoms with van der Waals surface area (Å²) in [6, 6.07) is 7.86. The van der Waals surface area contributed by atoms with E-state index >= 15 is 0 Å². The van der Waals surface area contributed by atoms with Crippen molar-refractivity contribution in [2.24, 2.45) is 0 Å². The lowest BCUT2D eigenvalue weighted by Gasteiger charge is -2.24. The van der Waals surface area contributed by atoms with E-state index in [0.29, 0.717) is 16.8 Å². The van der Waals surface area contributed by atoms with E-state index in [1.807, 2.05) is 0 Å². The molecule has 0 aliphatic carbocycles. The number of nitrogens with one attached hydrogen (secondary N) is 1. The van der Waals surface area contributed by atoms with E-state index in [2.05, 4.69) is 15.3 Å². The number of amides is 2. The molecular formula is C22H19ClF3N5O3. The number of halogens is 4. The van der Waals surface area contributed by atoms with E-state index in [0.717, 1.165) is 17.0 Å². The van der Waals surface area contributed by atoms with Crippen LogP contribution in [0, 0.1) is 6.92 Å². The minimum absolute atomic E-state index is 0.108. The van der Waals surface area contributed by atoms with Gasteiger partial charge in [-0.15, -0.1) is 0 Å². The van der Waals surface area contributed by atoms with E-state index in [9.17, 15) is 22.8 Å². The number of methoxy groups -OCH3 is 1. The van der Waals surface area contributed by atoms with Gasteiger partial charge < -0.3 is 15.8 Å². The molecule has 0 unspecified atom stereocenters. The molecule has 0 bridgehead atoms. The molecule has 0 radical (unpaired) electrons. The molecule has 0 spiro atoms. The molecular weight excluding hydrogens is 475 g/mol. The number of nitrogens with two attached hydrogens (primary N) is 1. The van der Waals surface area contributed by atoms with E-state index < -0.39 is 23.6 Å². The molecule has 2 aromatic heterocycles. The number of carbonyl (C=O) groups is 2. The Labute approximate surface area is 197 Å². The summed E-state index contributed by atoms with van der Waals surface area (Å²) in [5, 5.41) is 2.75. The largest absolute Gasteiger partial charge is 0.495 e.